The summed E-state index contributed by atoms with van der Waals surface area (Å²) in [5.41, 5.74) is 1.00. The number of benzene rings is 1. The summed E-state index contributed by atoms with van der Waals surface area (Å²) in [4.78, 5) is 3.00. The van der Waals surface area contributed by atoms with Gasteiger partial charge in [-0.15, -0.1) is 0 Å². The standard InChI is InChI=1S/C12H11F3N2/c13-12(14,15)9-3-5-10(6-4-9)17-8-11-2-1-7-16-11/h1-7,16-17H,8H2. The molecule has 2 aromatic rings. The highest BCUT2D eigenvalue weighted by Crippen LogP contribution is 2.29. The van der Waals surface area contributed by atoms with E-state index in [0.717, 1.165) is 17.8 Å². The van der Waals surface area contributed by atoms with Gasteiger partial charge in [-0.1, -0.05) is 0 Å². The molecule has 0 aliphatic heterocycles. The SMILES string of the molecule is FC(F)(F)c1ccc(NCc2ccc[nH]2)cc1. The summed E-state index contributed by atoms with van der Waals surface area (Å²) in [6.07, 6.45) is -2.48. The molecule has 0 atom stereocenters. The third-order valence-corrected chi connectivity index (χ3v) is 2.36. The molecular weight excluding hydrogens is 229 g/mol. The molecular formula is C12H11F3N2. The molecule has 0 amide bonds. The van der Waals surface area contributed by atoms with Crippen molar-refractivity contribution in [3.05, 3.63) is 53.9 Å². The second-order valence-electron chi connectivity index (χ2n) is 3.62. The van der Waals surface area contributed by atoms with Crippen LogP contribution in [0.2, 0.25) is 0 Å². The van der Waals surface area contributed by atoms with Crippen molar-refractivity contribution < 1.29 is 13.2 Å². The monoisotopic (exact) mass is 240 g/mol. The first-order valence-electron chi connectivity index (χ1n) is 5.09. The Balaban J connectivity index is 1.99. The lowest BCUT2D eigenvalue weighted by atomic mass is 10.2. The summed E-state index contributed by atoms with van der Waals surface area (Å²) < 4.78 is 36.9. The zero-order chi connectivity index (χ0) is 12.3. The fourth-order valence-electron chi connectivity index (χ4n) is 1.45. The number of aromatic nitrogens is 1. The zero-order valence-corrected chi connectivity index (χ0v) is 8.88. The molecule has 1 aromatic heterocycles. The smallest absolute Gasteiger partial charge is 0.379 e. The van der Waals surface area contributed by atoms with Gasteiger partial charge in [0.15, 0.2) is 0 Å². The molecule has 1 aromatic carbocycles. The lowest BCUT2D eigenvalue weighted by Gasteiger charge is -2.08. The van der Waals surface area contributed by atoms with Crippen molar-refractivity contribution in [2.45, 2.75) is 12.7 Å². The van der Waals surface area contributed by atoms with E-state index in [4.69, 9.17) is 0 Å². The van der Waals surface area contributed by atoms with E-state index in [1.807, 2.05) is 12.1 Å². The summed E-state index contributed by atoms with van der Waals surface area (Å²) >= 11 is 0. The summed E-state index contributed by atoms with van der Waals surface area (Å²) in [5.74, 6) is 0. The van der Waals surface area contributed by atoms with Crippen LogP contribution < -0.4 is 5.32 Å². The lowest BCUT2D eigenvalue weighted by molar-refractivity contribution is -0.137. The first-order chi connectivity index (χ1) is 8.05. The zero-order valence-electron chi connectivity index (χ0n) is 8.88. The molecule has 0 saturated heterocycles. The number of halogens is 3. The molecule has 2 N–H and O–H groups in total. The van der Waals surface area contributed by atoms with Crippen molar-refractivity contribution in [1.82, 2.24) is 4.98 Å². The van der Waals surface area contributed by atoms with E-state index in [9.17, 15) is 13.2 Å². The molecule has 17 heavy (non-hydrogen) atoms. The second-order valence-corrected chi connectivity index (χ2v) is 3.62. The van der Waals surface area contributed by atoms with E-state index < -0.39 is 11.7 Å². The molecule has 90 valence electrons. The van der Waals surface area contributed by atoms with E-state index in [1.165, 1.54) is 12.1 Å². The molecule has 5 heteroatoms. The van der Waals surface area contributed by atoms with Gasteiger partial charge in [0, 0.05) is 17.6 Å². The van der Waals surface area contributed by atoms with Crippen molar-refractivity contribution in [3.63, 3.8) is 0 Å². The highest BCUT2D eigenvalue weighted by Gasteiger charge is 2.29. The van der Waals surface area contributed by atoms with Gasteiger partial charge in [-0.05, 0) is 36.4 Å². The molecule has 0 spiro atoms. The number of anilines is 1. The Kier molecular flexibility index (Phi) is 3.08. The van der Waals surface area contributed by atoms with Crippen LogP contribution >= 0.6 is 0 Å². The van der Waals surface area contributed by atoms with Crippen molar-refractivity contribution in [1.29, 1.82) is 0 Å². The van der Waals surface area contributed by atoms with E-state index in [1.54, 1.807) is 6.20 Å². The van der Waals surface area contributed by atoms with Gasteiger partial charge >= 0.3 is 6.18 Å². The van der Waals surface area contributed by atoms with Gasteiger partial charge in [-0.2, -0.15) is 13.2 Å². The fourth-order valence-corrected chi connectivity index (χ4v) is 1.45. The van der Waals surface area contributed by atoms with Crippen molar-refractivity contribution in [3.8, 4) is 0 Å². The van der Waals surface area contributed by atoms with Crippen LogP contribution in [0.15, 0.2) is 42.6 Å². The normalized spacial score (nSPS) is 11.5. The molecule has 2 nitrogen and oxygen atoms in total. The Morgan fingerprint density at radius 3 is 2.29 bits per heavy atom. The van der Waals surface area contributed by atoms with E-state index >= 15 is 0 Å². The number of alkyl halides is 3. The minimum absolute atomic E-state index is 0.554. The number of hydrogen-bond acceptors (Lipinski definition) is 1. The first-order valence-corrected chi connectivity index (χ1v) is 5.09. The van der Waals surface area contributed by atoms with Gasteiger partial charge in [0.05, 0.1) is 12.1 Å². The van der Waals surface area contributed by atoms with Crippen LogP contribution in [0, 0.1) is 0 Å². The summed E-state index contributed by atoms with van der Waals surface area (Å²) in [5, 5.41) is 3.03. The third kappa shape index (κ3) is 3.03. The number of H-pyrrole nitrogens is 1. The Bertz CT molecular complexity index is 457. The Morgan fingerprint density at radius 2 is 1.76 bits per heavy atom. The van der Waals surface area contributed by atoms with Crippen molar-refractivity contribution in [2.75, 3.05) is 5.32 Å². The van der Waals surface area contributed by atoms with E-state index in [-0.39, 0.29) is 0 Å². The van der Waals surface area contributed by atoms with Crippen LogP contribution in [0.1, 0.15) is 11.3 Å². The Hall–Kier alpha value is -1.91. The molecule has 0 aliphatic carbocycles. The highest BCUT2D eigenvalue weighted by atomic mass is 19.4. The van der Waals surface area contributed by atoms with Crippen LogP contribution in [0.5, 0.6) is 0 Å². The van der Waals surface area contributed by atoms with Crippen LogP contribution in [0.3, 0.4) is 0 Å². The van der Waals surface area contributed by atoms with Gasteiger partial charge in [-0.3, -0.25) is 0 Å². The predicted molar refractivity (Wildman–Crippen MR) is 59.6 cm³/mol. The molecule has 1 heterocycles. The van der Waals surface area contributed by atoms with Crippen molar-refractivity contribution in [2.24, 2.45) is 0 Å². The lowest BCUT2D eigenvalue weighted by Crippen LogP contribution is -2.05. The summed E-state index contributed by atoms with van der Waals surface area (Å²) in [6, 6.07) is 8.74. The predicted octanol–water partition coefficient (Wildman–Crippen LogP) is 3.65. The summed E-state index contributed by atoms with van der Waals surface area (Å²) in [6.45, 7) is 0.554. The Labute approximate surface area is 96.5 Å². The number of hydrogen-bond donors (Lipinski definition) is 2. The maximum atomic E-state index is 12.3. The summed E-state index contributed by atoms with van der Waals surface area (Å²) in [7, 11) is 0. The number of rotatable bonds is 3. The third-order valence-electron chi connectivity index (χ3n) is 2.36. The molecule has 0 bridgehead atoms. The number of aromatic amines is 1. The molecule has 0 aliphatic rings. The Morgan fingerprint density at radius 1 is 1.06 bits per heavy atom. The molecule has 0 unspecified atom stereocenters. The molecule has 0 radical (unpaired) electrons. The van der Waals surface area contributed by atoms with Gasteiger partial charge in [-0.25, -0.2) is 0 Å². The van der Waals surface area contributed by atoms with E-state index in [2.05, 4.69) is 10.3 Å². The maximum Gasteiger partial charge on any atom is 0.416 e. The number of nitrogens with one attached hydrogen (secondary N) is 2. The van der Waals surface area contributed by atoms with Crippen LogP contribution in [-0.2, 0) is 12.7 Å². The fraction of sp³-hybridized carbons (Fsp3) is 0.167. The van der Waals surface area contributed by atoms with Crippen molar-refractivity contribution >= 4 is 5.69 Å². The first kappa shape index (κ1) is 11.6. The average Bonchev–Trinajstić information content (AvgIpc) is 2.78. The minimum atomic E-state index is -4.28. The molecule has 0 fully saturated rings. The highest BCUT2D eigenvalue weighted by molar-refractivity contribution is 5.45. The minimum Gasteiger partial charge on any atom is -0.379 e. The quantitative estimate of drug-likeness (QED) is 0.842. The van der Waals surface area contributed by atoms with Crippen LogP contribution in [0.25, 0.3) is 0 Å². The average molecular weight is 240 g/mol. The van der Waals surface area contributed by atoms with Gasteiger partial charge in [0.2, 0.25) is 0 Å². The molecule has 2 rings (SSSR count). The maximum absolute atomic E-state index is 12.3. The topological polar surface area (TPSA) is 27.8 Å². The van der Waals surface area contributed by atoms with Gasteiger partial charge in [0.1, 0.15) is 0 Å². The molecule has 0 saturated carbocycles. The van der Waals surface area contributed by atoms with Gasteiger partial charge in [0.25, 0.3) is 0 Å². The largest absolute Gasteiger partial charge is 0.416 e. The van der Waals surface area contributed by atoms with Gasteiger partial charge < -0.3 is 10.3 Å². The van der Waals surface area contributed by atoms with Crippen LogP contribution in [-0.4, -0.2) is 4.98 Å². The second kappa shape index (κ2) is 4.53. The van der Waals surface area contributed by atoms with E-state index in [0.29, 0.717) is 12.2 Å². The van der Waals surface area contributed by atoms with Crippen LogP contribution in [0.4, 0.5) is 18.9 Å².